The molecule has 0 rings (SSSR count). The molecule has 0 bridgehead atoms. The van der Waals surface area contributed by atoms with E-state index in [1.807, 2.05) is 0 Å². The third kappa shape index (κ3) is 228. The number of hydrogen-bond acceptors (Lipinski definition) is 3. The molecule has 0 heterocycles. The van der Waals surface area contributed by atoms with E-state index in [0.717, 1.165) is 7.11 Å². The van der Waals surface area contributed by atoms with Gasteiger partial charge in [0.2, 0.25) is 0 Å². The maximum absolute atomic E-state index is 9.56. The van der Waals surface area contributed by atoms with E-state index in [1.54, 1.807) is 12.5 Å². The normalized spacial score (nSPS) is 5.12. The first kappa shape index (κ1) is 23.0. The van der Waals surface area contributed by atoms with Crippen LogP contribution in [0.1, 0.15) is 0 Å². The van der Waals surface area contributed by atoms with Crippen molar-refractivity contribution in [3.05, 3.63) is 0 Å². The molecule has 0 saturated heterocycles. The predicted octanol–water partition coefficient (Wildman–Crippen LogP) is -3.57. The predicted molar refractivity (Wildman–Crippen MR) is 30.1 cm³/mol. The minimum atomic E-state index is -0.611. The Hall–Kier alpha value is 1.07. The summed E-state index contributed by atoms with van der Waals surface area (Å²) in [6.07, 6.45) is 3.28. The molecule has 0 saturated carbocycles. The molecule has 0 fully saturated rings. The summed E-state index contributed by atoms with van der Waals surface area (Å²) in [6, 6.07) is 0. The minimum absolute atomic E-state index is 0. The van der Waals surface area contributed by atoms with Crippen molar-refractivity contribution in [2.24, 2.45) is 0 Å². The summed E-state index contributed by atoms with van der Waals surface area (Å²) in [6.45, 7) is 0. The van der Waals surface area contributed by atoms with E-state index in [-0.39, 0.29) is 35.0 Å². The second-order valence-corrected chi connectivity index (χ2v) is 2.22. The van der Waals surface area contributed by atoms with Gasteiger partial charge < -0.3 is 10.6 Å². The monoisotopic (exact) mass is 150 g/mol. The number of hydrogen-bond donors (Lipinski definition) is 1. The largest absolute Gasteiger partial charge is 1.00 e. The molecule has 0 spiro atoms. The standard InChI is InChI=1S/C2H6OS.CH4O.Na.H2O/c1-4(2)3;1-2;;/h1-2H3;2H,1H3;;1H2/q;;+1;/p-1. The van der Waals surface area contributed by atoms with Crippen LogP contribution in [0.5, 0.6) is 0 Å². The summed E-state index contributed by atoms with van der Waals surface area (Å²) in [5.74, 6) is 0. The Balaban J connectivity index is -0.0000000183. The Kier molecular flexibility index (Phi) is 69.9. The summed E-state index contributed by atoms with van der Waals surface area (Å²) in [4.78, 5) is 0. The maximum Gasteiger partial charge on any atom is 1.00 e. The Labute approximate surface area is 74.5 Å². The third-order valence-electron chi connectivity index (χ3n) is 0. The smallest absolute Gasteiger partial charge is 0.870 e. The van der Waals surface area contributed by atoms with Crippen molar-refractivity contribution in [1.29, 1.82) is 0 Å². The molecule has 0 aliphatic carbocycles. The SMILES string of the molecule is CO.CS(C)=O.[Na+].[OH-]. The van der Waals surface area contributed by atoms with Gasteiger partial charge in [0.05, 0.1) is 0 Å². The van der Waals surface area contributed by atoms with Crippen molar-refractivity contribution < 1.29 is 44.3 Å². The van der Waals surface area contributed by atoms with Crippen LogP contribution in [-0.4, -0.2) is 34.4 Å². The van der Waals surface area contributed by atoms with Gasteiger partial charge in [-0.3, -0.25) is 4.21 Å². The van der Waals surface area contributed by atoms with Gasteiger partial charge in [0.1, 0.15) is 0 Å². The van der Waals surface area contributed by atoms with Crippen LogP contribution in [0.25, 0.3) is 0 Å². The zero-order valence-corrected chi connectivity index (χ0v) is 8.53. The van der Waals surface area contributed by atoms with Crippen molar-refractivity contribution in [2.75, 3.05) is 19.6 Å². The van der Waals surface area contributed by atoms with E-state index >= 15 is 0 Å². The Morgan fingerprint density at radius 2 is 1.25 bits per heavy atom. The summed E-state index contributed by atoms with van der Waals surface area (Å²) >= 11 is 0. The molecular formula is C3H11NaO3S. The second kappa shape index (κ2) is 24.4. The topological polar surface area (TPSA) is 67.3 Å². The fourth-order valence-electron chi connectivity index (χ4n) is 0. The Bertz CT molecular complexity index is 37.5. The Morgan fingerprint density at radius 1 is 1.25 bits per heavy atom. The average molecular weight is 150 g/mol. The van der Waals surface area contributed by atoms with E-state index in [1.165, 1.54) is 0 Å². The molecule has 0 aromatic carbocycles. The fraction of sp³-hybridized carbons (Fsp3) is 1.00. The third-order valence-corrected chi connectivity index (χ3v) is 0. The molecule has 3 nitrogen and oxygen atoms in total. The van der Waals surface area contributed by atoms with E-state index in [2.05, 4.69) is 0 Å². The van der Waals surface area contributed by atoms with Crippen molar-refractivity contribution in [1.82, 2.24) is 0 Å². The van der Waals surface area contributed by atoms with Crippen LogP contribution in [0.4, 0.5) is 0 Å². The number of aliphatic hydroxyl groups excluding tert-OH is 1. The van der Waals surface area contributed by atoms with Gasteiger partial charge in [-0.25, -0.2) is 0 Å². The molecule has 0 aliphatic rings. The van der Waals surface area contributed by atoms with Gasteiger partial charge >= 0.3 is 29.6 Å². The molecule has 0 aromatic heterocycles. The summed E-state index contributed by atoms with van der Waals surface area (Å²) < 4.78 is 9.56. The van der Waals surface area contributed by atoms with Crippen LogP contribution >= 0.6 is 0 Å². The Morgan fingerprint density at radius 3 is 1.25 bits per heavy atom. The van der Waals surface area contributed by atoms with Crippen LogP contribution < -0.4 is 29.6 Å². The molecular weight excluding hydrogens is 139 g/mol. The average Bonchev–Trinajstić information content (AvgIpc) is 1.41. The maximum atomic E-state index is 9.56. The molecule has 0 amide bonds. The van der Waals surface area contributed by atoms with E-state index < -0.39 is 10.8 Å². The first-order valence-electron chi connectivity index (χ1n) is 1.43. The van der Waals surface area contributed by atoms with Gasteiger partial charge in [-0.05, 0) is 0 Å². The molecule has 48 valence electrons. The van der Waals surface area contributed by atoms with E-state index in [0.29, 0.717) is 0 Å². The summed E-state index contributed by atoms with van der Waals surface area (Å²) in [7, 11) is 0.389. The van der Waals surface area contributed by atoms with Crippen LogP contribution in [0, 0.1) is 0 Å². The second-order valence-electron chi connectivity index (χ2n) is 0.742. The number of aliphatic hydroxyl groups is 1. The van der Waals surface area contributed by atoms with Crippen LogP contribution in [0.15, 0.2) is 0 Å². The molecule has 0 radical (unpaired) electrons. The van der Waals surface area contributed by atoms with Crippen molar-refractivity contribution in [3.63, 3.8) is 0 Å². The molecule has 8 heavy (non-hydrogen) atoms. The van der Waals surface area contributed by atoms with Gasteiger partial charge in [0.25, 0.3) is 0 Å². The van der Waals surface area contributed by atoms with Gasteiger partial charge in [0.15, 0.2) is 0 Å². The van der Waals surface area contributed by atoms with Crippen molar-refractivity contribution in [3.8, 4) is 0 Å². The summed E-state index contributed by atoms with van der Waals surface area (Å²) in [5.41, 5.74) is 0. The van der Waals surface area contributed by atoms with Crippen molar-refractivity contribution >= 4 is 10.8 Å². The molecule has 0 aromatic rings. The molecule has 0 atom stereocenters. The fourth-order valence-corrected chi connectivity index (χ4v) is 0. The zero-order valence-electron chi connectivity index (χ0n) is 5.71. The molecule has 0 unspecified atom stereocenters. The van der Waals surface area contributed by atoms with E-state index in [4.69, 9.17) is 5.11 Å². The first-order valence-corrected chi connectivity index (χ1v) is 3.40. The quantitative estimate of drug-likeness (QED) is 0.363. The summed E-state index contributed by atoms with van der Waals surface area (Å²) in [5, 5.41) is 7.00. The van der Waals surface area contributed by atoms with Gasteiger partial charge in [-0.15, -0.1) is 0 Å². The molecule has 2 N–H and O–H groups in total. The first-order chi connectivity index (χ1) is 2.73. The van der Waals surface area contributed by atoms with E-state index in [9.17, 15) is 4.21 Å². The van der Waals surface area contributed by atoms with Gasteiger partial charge in [-0.2, -0.15) is 0 Å². The van der Waals surface area contributed by atoms with Crippen LogP contribution in [0.2, 0.25) is 0 Å². The van der Waals surface area contributed by atoms with Crippen LogP contribution in [0.3, 0.4) is 0 Å². The van der Waals surface area contributed by atoms with Gasteiger partial charge in [-0.1, -0.05) is 0 Å². The molecule has 5 heteroatoms. The van der Waals surface area contributed by atoms with Crippen LogP contribution in [-0.2, 0) is 10.8 Å². The number of rotatable bonds is 0. The zero-order chi connectivity index (χ0) is 5.58. The minimum Gasteiger partial charge on any atom is -0.870 e. The van der Waals surface area contributed by atoms with Gasteiger partial charge in [0, 0.05) is 30.4 Å². The molecule has 0 aliphatic heterocycles. The van der Waals surface area contributed by atoms with Crippen molar-refractivity contribution in [2.45, 2.75) is 0 Å².